The molecule has 0 radical (unpaired) electrons. The molecule has 1 aromatic carbocycles. The van der Waals surface area contributed by atoms with Gasteiger partial charge >= 0.3 is 0 Å². The van der Waals surface area contributed by atoms with E-state index in [1.807, 2.05) is 51.1 Å². The van der Waals surface area contributed by atoms with Crippen LogP contribution in [0.4, 0.5) is 0 Å². The number of nitrogens with one attached hydrogen (secondary N) is 1. The Balaban J connectivity index is 2.32. The maximum Gasteiger partial charge on any atom is 0.276 e. The largest absolute Gasteiger partial charge is 0.489 e. The Labute approximate surface area is 136 Å². The summed E-state index contributed by atoms with van der Waals surface area (Å²) < 4.78 is 7.33. The lowest BCUT2D eigenvalue weighted by Gasteiger charge is -2.23. The fraction of sp³-hybridized carbons (Fsp3) is 0.412. The number of carbonyl (C=O) groups excluding carboxylic acids is 1. The molecule has 1 amide bonds. The standard InChI is InChI=1S/C17H24N4O2/c1-4-10-23-14-11-21(13-8-6-5-7-9-13)20-15(14)16(22)19-17(2,3)12-18/h5-9,11H,4,10,12,18H2,1-3H3,(H,19,22). The highest BCUT2D eigenvalue weighted by atomic mass is 16.5. The maximum absolute atomic E-state index is 12.5. The Kier molecular flexibility index (Phi) is 5.39. The molecule has 0 saturated carbocycles. The molecule has 0 spiro atoms. The highest BCUT2D eigenvalue weighted by molar-refractivity contribution is 5.95. The first-order chi connectivity index (χ1) is 11.0. The smallest absolute Gasteiger partial charge is 0.276 e. The van der Waals surface area contributed by atoms with Crippen LogP contribution in [0.1, 0.15) is 37.7 Å². The number of benzene rings is 1. The normalized spacial score (nSPS) is 11.3. The van der Waals surface area contributed by atoms with Crippen LogP contribution >= 0.6 is 0 Å². The van der Waals surface area contributed by atoms with Crippen molar-refractivity contribution in [3.8, 4) is 11.4 Å². The molecule has 0 fully saturated rings. The van der Waals surface area contributed by atoms with E-state index in [9.17, 15) is 4.79 Å². The topological polar surface area (TPSA) is 82.2 Å². The van der Waals surface area contributed by atoms with Crippen LogP contribution in [0.2, 0.25) is 0 Å². The second-order valence-electron chi connectivity index (χ2n) is 6.01. The van der Waals surface area contributed by atoms with E-state index in [2.05, 4.69) is 10.4 Å². The minimum atomic E-state index is -0.504. The van der Waals surface area contributed by atoms with Gasteiger partial charge in [0, 0.05) is 12.1 Å². The summed E-state index contributed by atoms with van der Waals surface area (Å²) in [6.45, 7) is 6.61. The molecule has 6 heteroatoms. The number of nitrogens with two attached hydrogens (primary N) is 1. The highest BCUT2D eigenvalue weighted by Crippen LogP contribution is 2.21. The van der Waals surface area contributed by atoms with Crippen molar-refractivity contribution in [2.24, 2.45) is 5.73 Å². The molecule has 0 bridgehead atoms. The second-order valence-corrected chi connectivity index (χ2v) is 6.01. The van der Waals surface area contributed by atoms with Gasteiger partial charge in [0.25, 0.3) is 5.91 Å². The first kappa shape index (κ1) is 17.0. The van der Waals surface area contributed by atoms with Crippen LogP contribution in [-0.4, -0.2) is 34.4 Å². The van der Waals surface area contributed by atoms with Gasteiger partial charge in [0.1, 0.15) is 0 Å². The van der Waals surface area contributed by atoms with Crippen molar-refractivity contribution in [3.63, 3.8) is 0 Å². The molecule has 6 nitrogen and oxygen atoms in total. The fourth-order valence-electron chi connectivity index (χ4n) is 1.96. The summed E-state index contributed by atoms with van der Waals surface area (Å²) in [6, 6.07) is 9.60. The van der Waals surface area contributed by atoms with Crippen molar-refractivity contribution in [2.75, 3.05) is 13.2 Å². The van der Waals surface area contributed by atoms with Gasteiger partial charge in [-0.25, -0.2) is 4.68 Å². The Morgan fingerprint density at radius 2 is 2.04 bits per heavy atom. The first-order valence-electron chi connectivity index (χ1n) is 7.77. The summed E-state index contributed by atoms with van der Waals surface area (Å²) >= 11 is 0. The molecule has 1 heterocycles. The predicted molar refractivity (Wildman–Crippen MR) is 89.9 cm³/mol. The van der Waals surface area contributed by atoms with E-state index in [4.69, 9.17) is 10.5 Å². The third-order valence-corrected chi connectivity index (χ3v) is 3.34. The zero-order valence-corrected chi connectivity index (χ0v) is 13.9. The number of amides is 1. The maximum atomic E-state index is 12.5. The zero-order valence-electron chi connectivity index (χ0n) is 13.9. The van der Waals surface area contributed by atoms with Crippen molar-refractivity contribution in [1.82, 2.24) is 15.1 Å². The van der Waals surface area contributed by atoms with Gasteiger partial charge in [0.2, 0.25) is 0 Å². The monoisotopic (exact) mass is 316 g/mol. The van der Waals surface area contributed by atoms with E-state index in [1.165, 1.54) is 0 Å². The van der Waals surface area contributed by atoms with Crippen LogP contribution in [0.25, 0.3) is 5.69 Å². The van der Waals surface area contributed by atoms with Crippen molar-refractivity contribution in [2.45, 2.75) is 32.7 Å². The van der Waals surface area contributed by atoms with Crippen molar-refractivity contribution < 1.29 is 9.53 Å². The molecule has 0 aliphatic rings. The minimum absolute atomic E-state index is 0.267. The van der Waals surface area contributed by atoms with Crippen LogP contribution in [-0.2, 0) is 0 Å². The van der Waals surface area contributed by atoms with Crippen molar-refractivity contribution in [1.29, 1.82) is 0 Å². The lowest BCUT2D eigenvalue weighted by molar-refractivity contribution is 0.0906. The molecule has 0 unspecified atom stereocenters. The van der Waals surface area contributed by atoms with Crippen molar-refractivity contribution >= 4 is 5.91 Å². The highest BCUT2D eigenvalue weighted by Gasteiger charge is 2.24. The van der Waals surface area contributed by atoms with Gasteiger partial charge in [0.15, 0.2) is 11.4 Å². The van der Waals surface area contributed by atoms with Crippen LogP contribution in [0, 0.1) is 0 Å². The number of carbonyl (C=O) groups is 1. The molecule has 0 saturated heterocycles. The summed E-state index contributed by atoms with van der Waals surface area (Å²) in [5, 5.41) is 7.27. The number of ether oxygens (including phenoxy) is 1. The van der Waals surface area contributed by atoms with E-state index < -0.39 is 5.54 Å². The average molecular weight is 316 g/mol. The van der Waals surface area contributed by atoms with Crippen LogP contribution in [0.15, 0.2) is 36.5 Å². The molecular formula is C17H24N4O2. The van der Waals surface area contributed by atoms with Crippen LogP contribution < -0.4 is 15.8 Å². The Bertz CT molecular complexity index is 650. The van der Waals surface area contributed by atoms with E-state index in [-0.39, 0.29) is 11.6 Å². The van der Waals surface area contributed by atoms with Gasteiger partial charge in [0.05, 0.1) is 18.5 Å². The molecular weight excluding hydrogens is 292 g/mol. The third-order valence-electron chi connectivity index (χ3n) is 3.34. The quantitative estimate of drug-likeness (QED) is 0.820. The fourth-order valence-corrected chi connectivity index (χ4v) is 1.96. The van der Waals surface area contributed by atoms with Crippen LogP contribution in [0.5, 0.6) is 5.75 Å². The van der Waals surface area contributed by atoms with E-state index in [1.54, 1.807) is 10.9 Å². The van der Waals surface area contributed by atoms with Gasteiger partial charge < -0.3 is 15.8 Å². The molecule has 23 heavy (non-hydrogen) atoms. The molecule has 2 rings (SSSR count). The van der Waals surface area contributed by atoms with E-state index in [0.29, 0.717) is 18.9 Å². The summed E-state index contributed by atoms with van der Waals surface area (Å²) in [6.07, 6.45) is 2.58. The molecule has 0 atom stereocenters. The number of aromatic nitrogens is 2. The van der Waals surface area contributed by atoms with E-state index >= 15 is 0 Å². The van der Waals surface area contributed by atoms with E-state index in [0.717, 1.165) is 12.1 Å². The molecule has 0 aliphatic heterocycles. The molecule has 1 aromatic heterocycles. The van der Waals surface area contributed by atoms with Gasteiger partial charge in [-0.15, -0.1) is 0 Å². The minimum Gasteiger partial charge on any atom is -0.489 e. The average Bonchev–Trinajstić information content (AvgIpc) is 2.97. The lowest BCUT2D eigenvalue weighted by atomic mass is 10.1. The zero-order chi connectivity index (χ0) is 16.9. The number of hydrogen-bond acceptors (Lipinski definition) is 4. The summed E-state index contributed by atoms with van der Waals surface area (Å²) in [7, 11) is 0. The SMILES string of the molecule is CCCOc1cn(-c2ccccc2)nc1C(=O)NC(C)(C)CN. The Morgan fingerprint density at radius 3 is 2.65 bits per heavy atom. The number of hydrogen-bond donors (Lipinski definition) is 2. The van der Waals surface area contributed by atoms with Gasteiger partial charge in [-0.2, -0.15) is 5.10 Å². The number of para-hydroxylation sites is 1. The number of nitrogens with zero attached hydrogens (tertiary/aromatic N) is 2. The second kappa shape index (κ2) is 7.28. The van der Waals surface area contributed by atoms with Gasteiger partial charge in [-0.3, -0.25) is 4.79 Å². The molecule has 0 aliphatic carbocycles. The van der Waals surface area contributed by atoms with Gasteiger partial charge in [-0.1, -0.05) is 25.1 Å². The van der Waals surface area contributed by atoms with Crippen LogP contribution in [0.3, 0.4) is 0 Å². The molecule has 3 N–H and O–H groups in total. The van der Waals surface area contributed by atoms with Crippen molar-refractivity contribution in [3.05, 3.63) is 42.2 Å². The summed E-state index contributed by atoms with van der Waals surface area (Å²) in [5.74, 6) is 0.183. The Morgan fingerprint density at radius 1 is 1.35 bits per heavy atom. The third kappa shape index (κ3) is 4.32. The summed E-state index contributed by atoms with van der Waals surface area (Å²) in [5.41, 5.74) is 6.31. The van der Waals surface area contributed by atoms with Gasteiger partial charge in [-0.05, 0) is 32.4 Å². The molecule has 124 valence electrons. The number of rotatable bonds is 7. The predicted octanol–water partition coefficient (Wildman–Crippen LogP) is 2.13. The summed E-state index contributed by atoms with van der Waals surface area (Å²) in [4.78, 5) is 12.5. The molecule has 2 aromatic rings. The lowest BCUT2D eigenvalue weighted by Crippen LogP contribution is -2.49. The first-order valence-corrected chi connectivity index (χ1v) is 7.77. The Hall–Kier alpha value is -2.34.